The molecule has 0 unspecified atom stereocenters. The van der Waals surface area contributed by atoms with Crippen LogP contribution in [0.1, 0.15) is 19.8 Å². The molecule has 5 nitrogen and oxygen atoms in total. The molecule has 1 amide bonds. The number of nitrogens with two attached hydrogens (primary N) is 1. The van der Waals surface area contributed by atoms with Crippen LogP contribution in [0.15, 0.2) is 29.8 Å². The van der Waals surface area contributed by atoms with Gasteiger partial charge in [-0.1, -0.05) is 11.6 Å². The third kappa shape index (κ3) is 4.49. The second kappa shape index (κ2) is 7.13. The van der Waals surface area contributed by atoms with Gasteiger partial charge in [0, 0.05) is 32.1 Å². The van der Waals surface area contributed by atoms with E-state index >= 15 is 0 Å². The Labute approximate surface area is 125 Å². The van der Waals surface area contributed by atoms with Crippen LogP contribution >= 0.6 is 0 Å². The minimum atomic E-state index is -0.0156. The quantitative estimate of drug-likeness (QED) is 0.644. The summed E-state index contributed by atoms with van der Waals surface area (Å²) in [6, 6.07) is 5.25. The minimum Gasteiger partial charge on any atom is -0.497 e. The Bertz CT molecular complexity index is 540. The third-order valence-corrected chi connectivity index (χ3v) is 3.71. The number of anilines is 2. The second-order valence-corrected chi connectivity index (χ2v) is 5.35. The van der Waals surface area contributed by atoms with Crippen molar-refractivity contribution in [2.45, 2.75) is 19.8 Å². The van der Waals surface area contributed by atoms with Crippen LogP contribution < -0.4 is 15.8 Å². The van der Waals surface area contributed by atoms with Crippen LogP contribution in [0.2, 0.25) is 0 Å². The summed E-state index contributed by atoms with van der Waals surface area (Å²) < 4.78 is 5.09. The topological polar surface area (TPSA) is 67.6 Å². The van der Waals surface area contributed by atoms with Gasteiger partial charge in [0.15, 0.2) is 0 Å². The van der Waals surface area contributed by atoms with Crippen LogP contribution in [0.3, 0.4) is 0 Å². The molecule has 5 heteroatoms. The van der Waals surface area contributed by atoms with Crippen LogP contribution in [-0.2, 0) is 4.79 Å². The molecule has 0 radical (unpaired) electrons. The molecule has 3 N–H and O–H groups in total. The maximum Gasteiger partial charge on any atom is 0.225 e. The molecule has 0 saturated heterocycles. The van der Waals surface area contributed by atoms with Crippen molar-refractivity contribution in [2.75, 3.05) is 37.8 Å². The van der Waals surface area contributed by atoms with Gasteiger partial charge in [0.1, 0.15) is 5.75 Å². The van der Waals surface area contributed by atoms with E-state index in [0.29, 0.717) is 23.5 Å². The number of benzene rings is 1. The highest BCUT2D eigenvalue weighted by molar-refractivity contribution is 5.94. The van der Waals surface area contributed by atoms with E-state index in [1.807, 2.05) is 0 Å². The van der Waals surface area contributed by atoms with Crippen molar-refractivity contribution in [2.24, 2.45) is 0 Å². The first kappa shape index (κ1) is 15.4. The Balaban J connectivity index is 1.82. The molecule has 0 saturated carbocycles. The Morgan fingerprint density at radius 2 is 2.29 bits per heavy atom. The van der Waals surface area contributed by atoms with Gasteiger partial charge in [0.05, 0.1) is 18.5 Å². The SMILES string of the molecule is COc1ccc(NC(=O)CCN2CC=C(C)CC2)c(N)c1. The summed E-state index contributed by atoms with van der Waals surface area (Å²) in [6.45, 7) is 4.88. The number of rotatable bonds is 5. The molecular weight excluding hydrogens is 266 g/mol. The van der Waals surface area contributed by atoms with Gasteiger partial charge in [-0.05, 0) is 25.5 Å². The molecule has 0 atom stereocenters. The highest BCUT2D eigenvalue weighted by Gasteiger charge is 2.12. The first-order valence-electron chi connectivity index (χ1n) is 7.20. The molecule has 1 aliphatic rings. The van der Waals surface area contributed by atoms with E-state index < -0.39 is 0 Å². The number of amides is 1. The number of methoxy groups -OCH3 is 1. The molecular formula is C16H23N3O2. The molecule has 114 valence electrons. The van der Waals surface area contributed by atoms with Crippen molar-refractivity contribution in [1.82, 2.24) is 4.90 Å². The normalized spacial score (nSPS) is 15.4. The van der Waals surface area contributed by atoms with Gasteiger partial charge in [-0.25, -0.2) is 0 Å². The predicted molar refractivity (Wildman–Crippen MR) is 85.5 cm³/mol. The summed E-state index contributed by atoms with van der Waals surface area (Å²) >= 11 is 0. The maximum atomic E-state index is 12.0. The summed E-state index contributed by atoms with van der Waals surface area (Å²) in [7, 11) is 1.59. The van der Waals surface area contributed by atoms with Gasteiger partial charge >= 0.3 is 0 Å². The van der Waals surface area contributed by atoms with Gasteiger partial charge in [-0.3, -0.25) is 9.69 Å². The van der Waals surface area contributed by atoms with E-state index in [0.717, 1.165) is 26.1 Å². The molecule has 1 aromatic carbocycles. The van der Waals surface area contributed by atoms with Gasteiger partial charge in [0.2, 0.25) is 5.91 Å². The average Bonchev–Trinajstić information content (AvgIpc) is 2.48. The van der Waals surface area contributed by atoms with Crippen LogP contribution in [-0.4, -0.2) is 37.6 Å². The number of nitrogen functional groups attached to an aromatic ring is 1. The lowest BCUT2D eigenvalue weighted by atomic mass is 10.1. The van der Waals surface area contributed by atoms with Crippen molar-refractivity contribution >= 4 is 17.3 Å². The molecule has 0 aliphatic carbocycles. The Morgan fingerprint density at radius 1 is 1.48 bits per heavy atom. The Kier molecular flexibility index (Phi) is 5.22. The van der Waals surface area contributed by atoms with Gasteiger partial charge in [-0.2, -0.15) is 0 Å². The molecule has 2 rings (SSSR count). The highest BCUT2D eigenvalue weighted by Crippen LogP contribution is 2.24. The van der Waals surface area contributed by atoms with Gasteiger partial charge < -0.3 is 15.8 Å². The molecule has 0 fully saturated rings. The van der Waals surface area contributed by atoms with E-state index in [9.17, 15) is 4.79 Å². The van der Waals surface area contributed by atoms with Crippen molar-refractivity contribution in [3.8, 4) is 5.75 Å². The number of hydrogen-bond acceptors (Lipinski definition) is 4. The fourth-order valence-electron chi connectivity index (χ4n) is 2.27. The summed E-state index contributed by atoms with van der Waals surface area (Å²) in [5.41, 5.74) is 8.47. The first-order valence-corrected chi connectivity index (χ1v) is 7.20. The highest BCUT2D eigenvalue weighted by atomic mass is 16.5. The van der Waals surface area contributed by atoms with Crippen LogP contribution in [0.4, 0.5) is 11.4 Å². The van der Waals surface area contributed by atoms with Crippen molar-refractivity contribution in [3.05, 3.63) is 29.8 Å². The lowest BCUT2D eigenvalue weighted by molar-refractivity contribution is -0.116. The number of carbonyl (C=O) groups excluding carboxylic acids is 1. The molecule has 1 heterocycles. The summed E-state index contributed by atoms with van der Waals surface area (Å²) in [4.78, 5) is 14.3. The second-order valence-electron chi connectivity index (χ2n) is 5.35. The molecule has 0 aromatic heterocycles. The molecule has 1 aromatic rings. The van der Waals surface area contributed by atoms with E-state index in [2.05, 4.69) is 23.2 Å². The van der Waals surface area contributed by atoms with Crippen LogP contribution in [0.25, 0.3) is 0 Å². The number of hydrogen-bond donors (Lipinski definition) is 2. The largest absolute Gasteiger partial charge is 0.497 e. The van der Waals surface area contributed by atoms with Crippen LogP contribution in [0, 0.1) is 0 Å². The smallest absolute Gasteiger partial charge is 0.225 e. The zero-order chi connectivity index (χ0) is 15.2. The third-order valence-electron chi connectivity index (χ3n) is 3.71. The number of nitrogens with one attached hydrogen (secondary N) is 1. The summed E-state index contributed by atoms with van der Waals surface area (Å²) in [6.07, 6.45) is 3.79. The zero-order valence-corrected chi connectivity index (χ0v) is 12.7. The van der Waals surface area contributed by atoms with E-state index in [1.165, 1.54) is 5.57 Å². The average molecular weight is 289 g/mol. The number of nitrogens with zero attached hydrogens (tertiary/aromatic N) is 1. The Morgan fingerprint density at radius 3 is 2.90 bits per heavy atom. The predicted octanol–water partition coefficient (Wildman–Crippen LogP) is 2.26. The Hall–Kier alpha value is -2.01. The first-order chi connectivity index (χ1) is 10.1. The van der Waals surface area contributed by atoms with Crippen molar-refractivity contribution in [3.63, 3.8) is 0 Å². The number of ether oxygens (including phenoxy) is 1. The van der Waals surface area contributed by atoms with Crippen LogP contribution in [0.5, 0.6) is 5.75 Å². The zero-order valence-electron chi connectivity index (χ0n) is 12.7. The van der Waals surface area contributed by atoms with Crippen molar-refractivity contribution < 1.29 is 9.53 Å². The van der Waals surface area contributed by atoms with Gasteiger partial charge in [-0.15, -0.1) is 0 Å². The standard InChI is InChI=1S/C16H23N3O2/c1-12-5-8-19(9-6-12)10-7-16(20)18-15-4-3-13(21-2)11-14(15)17/h3-5,11H,6-10,17H2,1-2H3,(H,18,20). The monoisotopic (exact) mass is 289 g/mol. The van der Waals surface area contributed by atoms with E-state index in [4.69, 9.17) is 10.5 Å². The maximum absolute atomic E-state index is 12.0. The lowest BCUT2D eigenvalue weighted by Crippen LogP contribution is -2.31. The van der Waals surface area contributed by atoms with E-state index in [1.54, 1.807) is 25.3 Å². The molecule has 21 heavy (non-hydrogen) atoms. The minimum absolute atomic E-state index is 0.0156. The fraction of sp³-hybridized carbons (Fsp3) is 0.438. The van der Waals surface area contributed by atoms with E-state index in [-0.39, 0.29) is 5.91 Å². The lowest BCUT2D eigenvalue weighted by Gasteiger charge is -2.24. The van der Waals surface area contributed by atoms with Gasteiger partial charge in [0.25, 0.3) is 0 Å². The summed E-state index contributed by atoms with van der Waals surface area (Å²) in [5.74, 6) is 0.666. The summed E-state index contributed by atoms with van der Waals surface area (Å²) in [5, 5.41) is 2.85. The van der Waals surface area contributed by atoms with Crippen molar-refractivity contribution in [1.29, 1.82) is 0 Å². The molecule has 1 aliphatic heterocycles. The number of carbonyl (C=O) groups is 1. The fourth-order valence-corrected chi connectivity index (χ4v) is 2.27. The molecule has 0 bridgehead atoms. The molecule has 0 spiro atoms.